The van der Waals surface area contributed by atoms with Crippen LogP contribution in [0.5, 0.6) is 0 Å². The van der Waals surface area contributed by atoms with E-state index in [0.717, 1.165) is 5.56 Å². The lowest BCUT2D eigenvalue weighted by molar-refractivity contribution is -0.125. The zero-order chi connectivity index (χ0) is 13.4. The minimum Gasteiger partial charge on any atom is -0.326 e. The first-order valence-corrected chi connectivity index (χ1v) is 5.55. The Labute approximate surface area is 106 Å². The van der Waals surface area contributed by atoms with E-state index in [1.165, 1.54) is 11.0 Å². The maximum Gasteiger partial charge on any atom is 0.247 e. The topological polar surface area (TPSA) is 67.9 Å². The van der Waals surface area contributed by atoms with E-state index < -0.39 is 0 Å². The van der Waals surface area contributed by atoms with Crippen LogP contribution < -0.4 is 0 Å². The average Bonchev–Trinajstić information content (AvgIpc) is 2.42. The van der Waals surface area contributed by atoms with Gasteiger partial charge in [0.15, 0.2) is 0 Å². The van der Waals surface area contributed by atoms with Crippen LogP contribution in [0.1, 0.15) is 18.1 Å². The lowest BCUT2D eigenvalue weighted by Crippen LogP contribution is -2.29. The van der Waals surface area contributed by atoms with Crippen LogP contribution in [0.25, 0.3) is 6.08 Å². The van der Waals surface area contributed by atoms with Crippen molar-refractivity contribution in [2.45, 2.75) is 6.92 Å². The molecule has 4 nitrogen and oxygen atoms in total. The fourth-order valence-electron chi connectivity index (χ4n) is 1.37. The molecule has 0 unspecified atom stereocenters. The summed E-state index contributed by atoms with van der Waals surface area (Å²) >= 11 is 0. The molecule has 0 fully saturated rings. The molecule has 0 bridgehead atoms. The van der Waals surface area contributed by atoms with Gasteiger partial charge in [0.25, 0.3) is 0 Å². The summed E-state index contributed by atoms with van der Waals surface area (Å²) in [5.74, 6) is -0.191. The Bertz CT molecular complexity index is 517. The van der Waals surface area contributed by atoms with Gasteiger partial charge >= 0.3 is 0 Å². The third-order valence-electron chi connectivity index (χ3n) is 2.41. The van der Waals surface area contributed by atoms with E-state index >= 15 is 0 Å². The molecule has 0 N–H and O–H groups in total. The second-order valence-corrected chi connectivity index (χ2v) is 3.58. The summed E-state index contributed by atoms with van der Waals surface area (Å²) in [4.78, 5) is 13.1. The quantitative estimate of drug-likeness (QED) is 0.595. The number of rotatable bonds is 4. The summed E-state index contributed by atoms with van der Waals surface area (Å²) in [5, 5.41) is 17.2. The van der Waals surface area contributed by atoms with Crippen molar-refractivity contribution in [3.05, 3.63) is 41.5 Å². The van der Waals surface area contributed by atoms with E-state index in [4.69, 9.17) is 10.5 Å². The van der Waals surface area contributed by atoms with Gasteiger partial charge in [0.1, 0.15) is 6.54 Å². The number of hydrogen-bond acceptors (Lipinski definition) is 3. The van der Waals surface area contributed by atoms with E-state index in [2.05, 4.69) is 0 Å². The van der Waals surface area contributed by atoms with Gasteiger partial charge in [-0.05, 0) is 30.7 Å². The minimum atomic E-state index is -0.191. The van der Waals surface area contributed by atoms with Crippen LogP contribution in [-0.4, -0.2) is 23.9 Å². The first-order valence-electron chi connectivity index (χ1n) is 5.55. The van der Waals surface area contributed by atoms with Crippen LogP contribution in [0.2, 0.25) is 0 Å². The van der Waals surface area contributed by atoms with Crippen molar-refractivity contribution in [3.8, 4) is 12.1 Å². The second kappa shape index (κ2) is 6.88. The summed E-state index contributed by atoms with van der Waals surface area (Å²) in [6.07, 6.45) is 3.10. The third-order valence-corrected chi connectivity index (χ3v) is 2.41. The van der Waals surface area contributed by atoms with Crippen molar-refractivity contribution in [2.75, 3.05) is 13.1 Å². The molecule has 0 aliphatic carbocycles. The van der Waals surface area contributed by atoms with E-state index in [-0.39, 0.29) is 12.5 Å². The van der Waals surface area contributed by atoms with Gasteiger partial charge in [-0.3, -0.25) is 4.79 Å². The van der Waals surface area contributed by atoms with Gasteiger partial charge in [-0.2, -0.15) is 10.5 Å². The zero-order valence-electron chi connectivity index (χ0n) is 10.1. The van der Waals surface area contributed by atoms with Crippen LogP contribution in [-0.2, 0) is 4.79 Å². The fourth-order valence-corrected chi connectivity index (χ4v) is 1.37. The lowest BCUT2D eigenvalue weighted by atomic mass is 10.1. The van der Waals surface area contributed by atoms with Crippen molar-refractivity contribution in [1.29, 1.82) is 10.5 Å². The van der Waals surface area contributed by atoms with Crippen LogP contribution in [0.15, 0.2) is 30.3 Å². The van der Waals surface area contributed by atoms with Gasteiger partial charge in [-0.15, -0.1) is 0 Å². The number of likely N-dealkylation sites (N-methyl/N-ethyl adjacent to an activating group) is 1. The molecule has 0 saturated heterocycles. The Morgan fingerprint density at radius 2 is 2.00 bits per heavy atom. The molecule has 0 aromatic heterocycles. The van der Waals surface area contributed by atoms with Gasteiger partial charge in [-0.25, -0.2) is 0 Å². The van der Waals surface area contributed by atoms with E-state index in [1.807, 2.05) is 19.1 Å². The number of benzene rings is 1. The lowest BCUT2D eigenvalue weighted by Gasteiger charge is -2.14. The van der Waals surface area contributed by atoms with Crippen molar-refractivity contribution < 1.29 is 4.79 Å². The Kier molecular flexibility index (Phi) is 5.15. The smallest absolute Gasteiger partial charge is 0.247 e. The predicted octanol–water partition coefficient (Wildman–Crippen LogP) is 1.94. The molecule has 0 aliphatic heterocycles. The molecule has 4 heteroatoms. The highest BCUT2D eigenvalue weighted by Crippen LogP contribution is 2.05. The molecule has 0 saturated carbocycles. The largest absolute Gasteiger partial charge is 0.326 e. The summed E-state index contributed by atoms with van der Waals surface area (Å²) in [5.41, 5.74) is 1.42. The highest BCUT2D eigenvalue weighted by atomic mass is 16.2. The molecule has 1 amide bonds. The Morgan fingerprint density at radius 3 is 2.50 bits per heavy atom. The van der Waals surface area contributed by atoms with Crippen LogP contribution in [0.4, 0.5) is 0 Å². The maximum atomic E-state index is 11.7. The average molecular weight is 239 g/mol. The first-order chi connectivity index (χ1) is 8.71. The second-order valence-electron chi connectivity index (χ2n) is 3.58. The number of carbonyl (C=O) groups is 1. The number of nitriles is 2. The molecule has 0 radical (unpaired) electrons. The summed E-state index contributed by atoms with van der Waals surface area (Å²) in [7, 11) is 0. The first kappa shape index (κ1) is 13.5. The Balaban J connectivity index is 2.71. The monoisotopic (exact) mass is 239 g/mol. The Hall–Kier alpha value is -2.59. The molecular formula is C14H13N3O. The number of carbonyl (C=O) groups excluding carboxylic acids is 1. The molecular weight excluding hydrogens is 226 g/mol. The third kappa shape index (κ3) is 3.77. The summed E-state index contributed by atoms with van der Waals surface area (Å²) in [6, 6.07) is 10.9. The maximum absolute atomic E-state index is 11.7. The van der Waals surface area contributed by atoms with Gasteiger partial charge in [0, 0.05) is 12.6 Å². The summed E-state index contributed by atoms with van der Waals surface area (Å²) < 4.78 is 0. The van der Waals surface area contributed by atoms with Crippen molar-refractivity contribution >= 4 is 12.0 Å². The fraction of sp³-hybridized carbons (Fsp3) is 0.214. The highest BCUT2D eigenvalue weighted by Gasteiger charge is 2.06. The van der Waals surface area contributed by atoms with E-state index in [9.17, 15) is 4.79 Å². The number of amides is 1. The van der Waals surface area contributed by atoms with Crippen LogP contribution in [0, 0.1) is 22.7 Å². The standard InChI is InChI=1S/C14H13N3O/c1-2-17(10-9-15)14(18)8-7-12-3-5-13(11-16)6-4-12/h3-8H,2,10H2,1H3. The molecule has 18 heavy (non-hydrogen) atoms. The van der Waals surface area contributed by atoms with E-state index in [1.54, 1.807) is 30.3 Å². The molecule has 1 aromatic carbocycles. The molecule has 90 valence electrons. The van der Waals surface area contributed by atoms with Crippen molar-refractivity contribution in [1.82, 2.24) is 4.90 Å². The molecule has 0 spiro atoms. The van der Waals surface area contributed by atoms with Crippen molar-refractivity contribution in [2.24, 2.45) is 0 Å². The van der Waals surface area contributed by atoms with Crippen LogP contribution >= 0.6 is 0 Å². The SMILES string of the molecule is CCN(CC#N)C(=O)C=Cc1ccc(C#N)cc1. The zero-order valence-corrected chi connectivity index (χ0v) is 10.1. The predicted molar refractivity (Wildman–Crippen MR) is 68.1 cm³/mol. The number of nitrogens with zero attached hydrogens (tertiary/aromatic N) is 3. The molecule has 0 aliphatic rings. The molecule has 1 rings (SSSR count). The normalized spacial score (nSPS) is 9.72. The number of hydrogen-bond donors (Lipinski definition) is 0. The molecule has 0 atom stereocenters. The van der Waals surface area contributed by atoms with Crippen LogP contribution in [0.3, 0.4) is 0 Å². The molecule has 0 heterocycles. The molecule has 1 aromatic rings. The van der Waals surface area contributed by atoms with Gasteiger partial charge in [0.05, 0.1) is 17.7 Å². The summed E-state index contributed by atoms with van der Waals surface area (Å²) in [6.45, 7) is 2.42. The minimum absolute atomic E-state index is 0.0903. The van der Waals surface area contributed by atoms with Gasteiger partial charge < -0.3 is 4.90 Å². The van der Waals surface area contributed by atoms with Gasteiger partial charge in [-0.1, -0.05) is 12.1 Å². The van der Waals surface area contributed by atoms with Gasteiger partial charge in [0.2, 0.25) is 5.91 Å². The van der Waals surface area contributed by atoms with E-state index in [0.29, 0.717) is 12.1 Å². The Morgan fingerprint density at radius 1 is 1.33 bits per heavy atom. The highest BCUT2D eigenvalue weighted by molar-refractivity contribution is 5.91. The van der Waals surface area contributed by atoms with Crippen molar-refractivity contribution in [3.63, 3.8) is 0 Å².